The number of carbonyl (C=O) groups is 1. The summed E-state index contributed by atoms with van der Waals surface area (Å²) in [4.78, 5) is 23.8. The predicted octanol–water partition coefficient (Wildman–Crippen LogP) is 4.41. The molecule has 2 N–H and O–H groups in total. The van der Waals surface area contributed by atoms with Gasteiger partial charge in [0.05, 0.1) is 29.6 Å². The maximum Gasteiger partial charge on any atom is 0.238 e. The Morgan fingerprint density at radius 1 is 1.18 bits per heavy atom. The zero-order valence-electron chi connectivity index (χ0n) is 21.9. The number of hydrogen-bond acceptors (Lipinski definition) is 8. The van der Waals surface area contributed by atoms with E-state index in [2.05, 4.69) is 20.6 Å². The molecule has 0 spiro atoms. The minimum atomic E-state index is -0.639. The van der Waals surface area contributed by atoms with Crippen LogP contribution in [-0.4, -0.2) is 65.8 Å². The first-order chi connectivity index (χ1) is 19.4. The third kappa shape index (κ3) is 7.45. The highest BCUT2D eigenvalue weighted by Crippen LogP contribution is 2.27. The number of likely N-dealkylation sites (tertiary alicyclic amines) is 1. The fourth-order valence-electron chi connectivity index (χ4n) is 4.64. The van der Waals surface area contributed by atoms with Crippen LogP contribution in [0.4, 0.5) is 15.8 Å². The molecule has 1 atom stereocenters. The number of aromatic nitrogens is 2. The molecule has 2 saturated heterocycles. The summed E-state index contributed by atoms with van der Waals surface area (Å²) in [6.07, 6.45) is 4.73. The van der Waals surface area contributed by atoms with Gasteiger partial charge in [0.15, 0.2) is 0 Å². The molecular weight excluding hydrogens is 535 g/mol. The van der Waals surface area contributed by atoms with E-state index in [-0.39, 0.29) is 30.2 Å². The second-order valence-electron chi connectivity index (χ2n) is 9.91. The average Bonchev–Trinajstić information content (AvgIpc) is 2.92. The highest BCUT2D eigenvalue weighted by Gasteiger charge is 2.24. The van der Waals surface area contributed by atoms with Crippen molar-refractivity contribution in [3.63, 3.8) is 0 Å². The van der Waals surface area contributed by atoms with Crippen LogP contribution in [-0.2, 0) is 16.0 Å². The normalized spacial score (nSPS) is 17.5. The zero-order chi connectivity index (χ0) is 27.9. The first-order valence-electron chi connectivity index (χ1n) is 13.3. The average molecular weight is 565 g/mol. The predicted molar refractivity (Wildman–Crippen MR) is 149 cm³/mol. The summed E-state index contributed by atoms with van der Waals surface area (Å²) >= 11 is 5.97. The van der Waals surface area contributed by atoms with Gasteiger partial charge in [0.1, 0.15) is 23.8 Å². The van der Waals surface area contributed by atoms with Crippen LogP contribution in [0.1, 0.15) is 36.2 Å². The molecule has 0 aliphatic carbocycles. The van der Waals surface area contributed by atoms with Crippen LogP contribution in [0.3, 0.4) is 0 Å². The highest BCUT2D eigenvalue weighted by atomic mass is 35.5. The molecule has 40 heavy (non-hydrogen) atoms. The van der Waals surface area contributed by atoms with Crippen LogP contribution in [0.15, 0.2) is 48.7 Å². The summed E-state index contributed by atoms with van der Waals surface area (Å²) in [7, 11) is 0. The van der Waals surface area contributed by atoms with Crippen LogP contribution in [0, 0.1) is 17.1 Å². The lowest BCUT2D eigenvalue weighted by Gasteiger charge is -2.31. The van der Waals surface area contributed by atoms with Crippen molar-refractivity contribution in [2.45, 2.75) is 37.9 Å². The van der Waals surface area contributed by atoms with Gasteiger partial charge in [-0.2, -0.15) is 10.2 Å². The highest BCUT2D eigenvalue weighted by molar-refractivity contribution is 6.30. The van der Waals surface area contributed by atoms with Crippen LogP contribution in [0.25, 0.3) is 0 Å². The van der Waals surface area contributed by atoms with E-state index < -0.39 is 5.82 Å². The van der Waals surface area contributed by atoms with E-state index in [1.807, 2.05) is 35.2 Å². The lowest BCUT2D eigenvalue weighted by molar-refractivity contribution is -0.117. The molecular formula is C29H30ClFN6O3. The van der Waals surface area contributed by atoms with Crippen molar-refractivity contribution in [3.8, 4) is 11.9 Å². The van der Waals surface area contributed by atoms with Gasteiger partial charge < -0.3 is 20.1 Å². The first-order valence-corrected chi connectivity index (χ1v) is 13.7. The Kier molecular flexibility index (Phi) is 9.06. The monoisotopic (exact) mass is 564 g/mol. The molecule has 2 aliphatic heterocycles. The maximum absolute atomic E-state index is 14.2. The smallest absolute Gasteiger partial charge is 0.238 e. The van der Waals surface area contributed by atoms with Crippen molar-refractivity contribution in [3.05, 3.63) is 76.5 Å². The Morgan fingerprint density at radius 2 is 1.95 bits per heavy atom. The van der Waals surface area contributed by atoms with Gasteiger partial charge in [-0.3, -0.25) is 9.69 Å². The van der Waals surface area contributed by atoms with Gasteiger partial charge >= 0.3 is 0 Å². The largest absolute Gasteiger partial charge is 0.474 e. The molecule has 208 valence electrons. The summed E-state index contributed by atoms with van der Waals surface area (Å²) in [5.41, 5.74) is 1.74. The lowest BCUT2D eigenvalue weighted by Crippen LogP contribution is -2.42. The summed E-state index contributed by atoms with van der Waals surface area (Å²) in [6.45, 7) is 2.74. The van der Waals surface area contributed by atoms with E-state index in [4.69, 9.17) is 21.1 Å². The van der Waals surface area contributed by atoms with Crippen molar-refractivity contribution < 1.29 is 18.7 Å². The number of hydrogen-bond donors (Lipinski definition) is 2. The Balaban J connectivity index is 1.11. The van der Waals surface area contributed by atoms with Gasteiger partial charge in [0.2, 0.25) is 11.8 Å². The third-order valence-electron chi connectivity index (χ3n) is 6.96. The van der Waals surface area contributed by atoms with Gasteiger partial charge in [-0.05, 0) is 43.0 Å². The number of rotatable bonds is 10. The third-order valence-corrected chi connectivity index (χ3v) is 7.21. The minimum absolute atomic E-state index is 0.0163. The SMILES string of the molecule is N#Cc1cc(NC(=O)CN2CCC(Oc3ccnc(Cc4ccc(Cl)cc4)n3)CC2)c(NC[C@@H]2CCO2)cc1F. The molecule has 9 nitrogen and oxygen atoms in total. The lowest BCUT2D eigenvalue weighted by atomic mass is 10.1. The van der Waals surface area contributed by atoms with Crippen molar-refractivity contribution in [2.75, 3.05) is 43.4 Å². The van der Waals surface area contributed by atoms with Gasteiger partial charge in [-0.25, -0.2) is 9.37 Å². The molecule has 2 fully saturated rings. The number of nitrogens with zero attached hydrogens (tertiary/aromatic N) is 4. The molecule has 2 aromatic carbocycles. The van der Waals surface area contributed by atoms with Crippen LogP contribution in [0.2, 0.25) is 5.02 Å². The standard InChI is InChI=1S/C29H30ClFN6O3/c30-21-3-1-19(2-4-21)13-27-33-9-5-29(36-27)40-22-6-10-37(11-7-22)18-28(38)35-26-14-20(16-32)24(31)15-25(26)34-17-23-8-12-39-23/h1-5,9,14-15,22-23,34H,6-8,10-13,17-18H2,(H,35,38)/t23-/m0/s1. The van der Waals surface area contributed by atoms with Crippen molar-refractivity contribution in [1.29, 1.82) is 5.26 Å². The molecule has 0 radical (unpaired) electrons. The molecule has 5 rings (SSSR count). The van der Waals surface area contributed by atoms with Crippen molar-refractivity contribution >= 4 is 28.9 Å². The summed E-state index contributed by atoms with van der Waals surface area (Å²) in [5, 5.41) is 15.9. The Morgan fingerprint density at radius 3 is 2.65 bits per heavy atom. The summed E-state index contributed by atoms with van der Waals surface area (Å²) < 4.78 is 25.8. The van der Waals surface area contributed by atoms with E-state index in [0.717, 1.165) is 24.8 Å². The Bertz CT molecular complexity index is 1370. The molecule has 0 saturated carbocycles. The van der Waals surface area contributed by atoms with Gasteiger partial charge in [0.25, 0.3) is 0 Å². The number of nitrogens with one attached hydrogen (secondary N) is 2. The summed E-state index contributed by atoms with van der Waals surface area (Å²) in [5.74, 6) is 0.330. The summed E-state index contributed by atoms with van der Waals surface area (Å²) in [6, 6.07) is 13.8. The molecule has 0 bridgehead atoms. The molecule has 1 amide bonds. The van der Waals surface area contributed by atoms with Crippen LogP contribution in [0.5, 0.6) is 5.88 Å². The first kappa shape index (κ1) is 27.8. The zero-order valence-corrected chi connectivity index (χ0v) is 22.7. The number of piperidine rings is 1. The second-order valence-corrected chi connectivity index (χ2v) is 10.3. The van der Waals surface area contributed by atoms with Crippen molar-refractivity contribution in [1.82, 2.24) is 14.9 Å². The maximum atomic E-state index is 14.2. The topological polar surface area (TPSA) is 112 Å². The van der Waals surface area contributed by atoms with E-state index in [1.54, 1.807) is 12.3 Å². The van der Waals surface area contributed by atoms with E-state index in [1.165, 1.54) is 12.1 Å². The second kappa shape index (κ2) is 13.0. The number of halogens is 2. The van der Waals surface area contributed by atoms with E-state index in [0.29, 0.717) is 60.8 Å². The van der Waals surface area contributed by atoms with Gasteiger partial charge in [-0.1, -0.05) is 23.7 Å². The molecule has 3 aromatic rings. The number of amides is 1. The Hall–Kier alpha value is -3.78. The van der Waals surface area contributed by atoms with Gasteiger partial charge in [-0.15, -0.1) is 0 Å². The van der Waals surface area contributed by atoms with Crippen LogP contribution >= 0.6 is 11.6 Å². The quantitative estimate of drug-likeness (QED) is 0.372. The number of anilines is 2. The number of benzene rings is 2. The van der Waals surface area contributed by atoms with E-state index >= 15 is 0 Å². The Labute approximate surface area is 237 Å². The molecule has 11 heteroatoms. The number of carbonyl (C=O) groups excluding carboxylic acids is 1. The number of nitriles is 1. The van der Waals surface area contributed by atoms with Crippen LogP contribution < -0.4 is 15.4 Å². The molecule has 1 aromatic heterocycles. The molecule has 3 heterocycles. The number of ether oxygens (including phenoxy) is 2. The van der Waals surface area contributed by atoms with Gasteiger partial charge in [0, 0.05) is 56.0 Å². The molecule has 2 aliphatic rings. The fourth-order valence-corrected chi connectivity index (χ4v) is 4.77. The minimum Gasteiger partial charge on any atom is -0.474 e. The molecule has 0 unspecified atom stereocenters. The fraction of sp³-hybridized carbons (Fsp3) is 0.379. The van der Waals surface area contributed by atoms with E-state index in [9.17, 15) is 14.4 Å². The van der Waals surface area contributed by atoms with Crippen molar-refractivity contribution in [2.24, 2.45) is 0 Å².